The molecule has 0 radical (unpaired) electrons. The zero-order valence-electron chi connectivity index (χ0n) is 12.9. The van der Waals surface area contributed by atoms with E-state index in [0.29, 0.717) is 11.2 Å². The van der Waals surface area contributed by atoms with Crippen molar-refractivity contribution in [2.75, 3.05) is 0 Å². The Morgan fingerprint density at radius 1 is 1.29 bits per heavy atom. The summed E-state index contributed by atoms with van der Waals surface area (Å²) < 4.78 is 1.50. The number of carbonyl (C=O) groups is 1. The van der Waals surface area contributed by atoms with Crippen molar-refractivity contribution in [2.45, 2.75) is 32.2 Å². The lowest BCUT2D eigenvalue weighted by atomic mass is 10.2. The van der Waals surface area contributed by atoms with Crippen LogP contribution in [0.1, 0.15) is 23.3 Å². The molecule has 1 N–H and O–H groups in total. The van der Waals surface area contributed by atoms with E-state index in [1.807, 2.05) is 0 Å². The average molecular weight is 341 g/mol. The Balaban J connectivity index is 1.98. The molecule has 0 aromatic carbocycles. The highest BCUT2D eigenvalue weighted by Crippen LogP contribution is 2.35. The molecule has 24 heavy (non-hydrogen) atoms. The van der Waals surface area contributed by atoms with Crippen LogP contribution in [0.3, 0.4) is 0 Å². The quantitative estimate of drug-likeness (QED) is 0.788. The molecular formula is C17H15N3O3S. The molecule has 0 unspecified atom stereocenters. The van der Waals surface area contributed by atoms with E-state index in [1.165, 1.54) is 9.44 Å². The van der Waals surface area contributed by atoms with Crippen molar-refractivity contribution in [3.8, 4) is 11.4 Å². The number of fused-ring (bicyclic) bond motifs is 3. The number of hydrogen-bond donors (Lipinski definition) is 1. The van der Waals surface area contributed by atoms with Crippen LogP contribution >= 0.6 is 11.3 Å². The van der Waals surface area contributed by atoms with E-state index < -0.39 is 5.97 Å². The van der Waals surface area contributed by atoms with E-state index >= 15 is 0 Å². The minimum atomic E-state index is -0.932. The lowest BCUT2D eigenvalue weighted by molar-refractivity contribution is -0.137. The number of aromatic nitrogens is 3. The van der Waals surface area contributed by atoms with Crippen LogP contribution in [0.2, 0.25) is 0 Å². The lowest BCUT2D eigenvalue weighted by Gasteiger charge is -2.12. The van der Waals surface area contributed by atoms with Crippen LogP contribution in [-0.4, -0.2) is 25.6 Å². The highest BCUT2D eigenvalue weighted by Gasteiger charge is 2.23. The van der Waals surface area contributed by atoms with Crippen LogP contribution in [0.4, 0.5) is 0 Å². The Hall–Kier alpha value is -2.54. The van der Waals surface area contributed by atoms with Gasteiger partial charge in [-0.25, -0.2) is 4.98 Å². The summed E-state index contributed by atoms with van der Waals surface area (Å²) in [5.74, 6) is -0.422. The van der Waals surface area contributed by atoms with Crippen LogP contribution in [0, 0.1) is 0 Å². The molecule has 1 aliphatic rings. The zero-order valence-corrected chi connectivity index (χ0v) is 13.7. The predicted molar refractivity (Wildman–Crippen MR) is 91.4 cm³/mol. The molecule has 1 aliphatic carbocycles. The van der Waals surface area contributed by atoms with Crippen LogP contribution in [0.15, 0.2) is 29.3 Å². The zero-order chi connectivity index (χ0) is 16.7. The van der Waals surface area contributed by atoms with E-state index in [2.05, 4.69) is 4.98 Å². The van der Waals surface area contributed by atoms with Crippen LogP contribution in [-0.2, 0) is 24.2 Å². The molecule has 122 valence electrons. The van der Waals surface area contributed by atoms with Gasteiger partial charge in [0.25, 0.3) is 5.56 Å². The number of nitrogens with zero attached hydrogens (tertiary/aromatic N) is 3. The molecule has 0 atom stereocenters. The largest absolute Gasteiger partial charge is 0.481 e. The Morgan fingerprint density at radius 3 is 2.83 bits per heavy atom. The van der Waals surface area contributed by atoms with E-state index in [-0.39, 0.29) is 18.5 Å². The first kappa shape index (κ1) is 15.0. The van der Waals surface area contributed by atoms with Gasteiger partial charge in [0.05, 0.1) is 11.8 Å². The van der Waals surface area contributed by atoms with Crippen LogP contribution < -0.4 is 5.56 Å². The van der Waals surface area contributed by atoms with E-state index in [0.717, 1.165) is 35.2 Å². The number of carboxylic acid groups (broad SMARTS) is 1. The SMILES string of the molecule is O=C(O)CCn1c(-c2ccncc2)nc2sc3c(c2c1=O)CCC3. The molecule has 3 aromatic rings. The fourth-order valence-electron chi connectivity index (χ4n) is 3.21. The molecule has 7 heteroatoms. The van der Waals surface area contributed by atoms with Crippen LogP contribution in [0.5, 0.6) is 0 Å². The minimum Gasteiger partial charge on any atom is -0.481 e. The monoisotopic (exact) mass is 341 g/mol. The number of aryl methyl sites for hydroxylation is 2. The molecule has 4 rings (SSSR count). The number of thiophene rings is 1. The topological polar surface area (TPSA) is 85.1 Å². The summed E-state index contributed by atoms with van der Waals surface area (Å²) >= 11 is 1.59. The molecule has 0 bridgehead atoms. The van der Waals surface area contributed by atoms with Gasteiger partial charge in [0.15, 0.2) is 0 Å². The summed E-state index contributed by atoms with van der Waals surface area (Å²) in [4.78, 5) is 34.8. The predicted octanol–water partition coefficient (Wildman–Crippen LogP) is 2.48. The number of rotatable bonds is 4. The Kier molecular flexibility index (Phi) is 3.65. The maximum atomic E-state index is 13.1. The molecule has 0 fully saturated rings. The van der Waals surface area contributed by atoms with Crippen molar-refractivity contribution in [3.05, 3.63) is 45.3 Å². The van der Waals surface area contributed by atoms with Gasteiger partial charge < -0.3 is 5.11 Å². The fourth-order valence-corrected chi connectivity index (χ4v) is 4.46. The van der Waals surface area contributed by atoms with Crippen molar-refractivity contribution >= 4 is 27.5 Å². The second kappa shape index (κ2) is 5.83. The first-order valence-electron chi connectivity index (χ1n) is 7.82. The van der Waals surface area contributed by atoms with Gasteiger partial charge in [0, 0.05) is 29.4 Å². The van der Waals surface area contributed by atoms with Gasteiger partial charge in [-0.15, -0.1) is 11.3 Å². The summed E-state index contributed by atoms with van der Waals surface area (Å²) in [5.41, 5.74) is 1.74. The van der Waals surface area contributed by atoms with Gasteiger partial charge >= 0.3 is 5.97 Å². The third-order valence-electron chi connectivity index (χ3n) is 4.31. The molecule has 0 amide bonds. The molecule has 0 aliphatic heterocycles. The van der Waals surface area contributed by atoms with Crippen LogP contribution in [0.25, 0.3) is 21.6 Å². The first-order valence-corrected chi connectivity index (χ1v) is 8.64. The standard InChI is InChI=1S/C17H15N3O3S/c21-13(22)6-9-20-15(10-4-7-18-8-5-10)19-16-14(17(20)23)11-2-1-3-12(11)24-16/h4-5,7-8H,1-3,6,9H2,(H,21,22). The molecule has 3 heterocycles. The van der Waals surface area contributed by atoms with Crippen molar-refractivity contribution < 1.29 is 9.90 Å². The average Bonchev–Trinajstić information content (AvgIpc) is 3.14. The van der Waals surface area contributed by atoms with E-state index in [1.54, 1.807) is 35.9 Å². The maximum absolute atomic E-state index is 13.1. The van der Waals surface area contributed by atoms with Crippen molar-refractivity contribution in [1.29, 1.82) is 0 Å². The molecule has 3 aromatic heterocycles. The Bertz CT molecular complexity index is 992. The van der Waals surface area contributed by atoms with Crippen molar-refractivity contribution in [2.24, 2.45) is 0 Å². The second-order valence-electron chi connectivity index (χ2n) is 5.81. The van der Waals surface area contributed by atoms with Gasteiger partial charge in [0.1, 0.15) is 10.7 Å². The van der Waals surface area contributed by atoms with Gasteiger partial charge in [-0.05, 0) is 37.0 Å². The number of hydrogen-bond acceptors (Lipinski definition) is 5. The minimum absolute atomic E-state index is 0.110. The summed E-state index contributed by atoms with van der Waals surface area (Å²) in [6, 6.07) is 3.57. The number of carboxylic acids is 1. The third-order valence-corrected chi connectivity index (χ3v) is 5.50. The lowest BCUT2D eigenvalue weighted by Crippen LogP contribution is -2.24. The summed E-state index contributed by atoms with van der Waals surface area (Å²) in [6.45, 7) is 0.110. The summed E-state index contributed by atoms with van der Waals surface area (Å²) in [6.07, 6.45) is 6.13. The van der Waals surface area contributed by atoms with Crippen molar-refractivity contribution in [3.63, 3.8) is 0 Å². The molecule has 0 saturated carbocycles. The number of aliphatic carboxylic acids is 1. The Labute approximate surface area is 141 Å². The Morgan fingerprint density at radius 2 is 2.08 bits per heavy atom. The number of pyridine rings is 1. The summed E-state index contributed by atoms with van der Waals surface area (Å²) in [5, 5.41) is 9.69. The van der Waals surface area contributed by atoms with Gasteiger partial charge in [0.2, 0.25) is 0 Å². The highest BCUT2D eigenvalue weighted by molar-refractivity contribution is 7.18. The van der Waals surface area contributed by atoms with E-state index in [4.69, 9.17) is 10.1 Å². The van der Waals surface area contributed by atoms with Gasteiger partial charge in [-0.2, -0.15) is 0 Å². The molecule has 6 nitrogen and oxygen atoms in total. The molecule has 0 spiro atoms. The fraction of sp³-hybridized carbons (Fsp3) is 0.294. The van der Waals surface area contributed by atoms with Gasteiger partial charge in [-0.1, -0.05) is 0 Å². The summed E-state index contributed by atoms with van der Waals surface area (Å²) in [7, 11) is 0. The first-order chi connectivity index (χ1) is 11.6. The maximum Gasteiger partial charge on any atom is 0.305 e. The van der Waals surface area contributed by atoms with Crippen molar-refractivity contribution in [1.82, 2.24) is 14.5 Å². The molecule has 0 saturated heterocycles. The van der Waals surface area contributed by atoms with E-state index in [9.17, 15) is 9.59 Å². The highest BCUT2D eigenvalue weighted by atomic mass is 32.1. The smallest absolute Gasteiger partial charge is 0.305 e. The van der Waals surface area contributed by atoms with Gasteiger partial charge in [-0.3, -0.25) is 19.1 Å². The normalized spacial score (nSPS) is 13.3. The second-order valence-corrected chi connectivity index (χ2v) is 6.89. The molecular weight excluding hydrogens is 326 g/mol. The third kappa shape index (κ3) is 2.41.